The Morgan fingerprint density at radius 3 is 2.64 bits per heavy atom. The monoisotopic (exact) mass is 205 g/mol. The van der Waals surface area contributed by atoms with Crippen molar-refractivity contribution in [3.8, 4) is 0 Å². The molecule has 0 fully saturated rings. The second kappa shape index (κ2) is 3.73. The second-order valence-corrected chi connectivity index (χ2v) is 2.85. The highest BCUT2D eigenvalue weighted by Crippen LogP contribution is 2.24. The fourth-order valence-electron chi connectivity index (χ4n) is 0.825. The number of hydrogen-bond acceptors (Lipinski definition) is 3. The van der Waals surface area contributed by atoms with Crippen LogP contribution in [0.2, 0.25) is 0 Å². The zero-order chi connectivity index (χ0) is 10.8. The summed E-state index contributed by atoms with van der Waals surface area (Å²) in [6.45, 7) is 1.01. The molecule has 3 nitrogen and oxygen atoms in total. The normalized spacial score (nSPS) is 13.7. The quantitative estimate of drug-likeness (QED) is 0.776. The molecule has 0 saturated carbocycles. The third kappa shape index (κ3) is 2.51. The van der Waals surface area contributed by atoms with Gasteiger partial charge in [0.15, 0.2) is 0 Å². The molecule has 1 rings (SSSR count). The molecule has 78 valence electrons. The largest absolute Gasteiger partial charge is 0.408 e. The average molecular weight is 205 g/mol. The standard InChI is InChI=1S/C8H10F3N3/c1-5(8(9,10)11)14-7-6(12)3-2-4-13-7/h2-5H,12H2,1H3,(H,13,14). The number of anilines is 2. The predicted molar refractivity (Wildman–Crippen MR) is 47.8 cm³/mol. The maximum absolute atomic E-state index is 12.1. The number of nitrogens with two attached hydrogens (primary N) is 1. The maximum atomic E-state index is 12.1. The highest BCUT2D eigenvalue weighted by Gasteiger charge is 2.36. The van der Waals surface area contributed by atoms with E-state index in [0.717, 1.165) is 6.92 Å². The van der Waals surface area contributed by atoms with Crippen LogP contribution < -0.4 is 11.1 Å². The molecule has 14 heavy (non-hydrogen) atoms. The molecule has 1 heterocycles. The number of pyridine rings is 1. The lowest BCUT2D eigenvalue weighted by molar-refractivity contribution is -0.138. The molecule has 0 bridgehead atoms. The molecular formula is C8H10F3N3. The van der Waals surface area contributed by atoms with Crippen molar-refractivity contribution in [2.75, 3.05) is 11.1 Å². The summed E-state index contributed by atoms with van der Waals surface area (Å²) in [5.74, 6) is 0.0531. The van der Waals surface area contributed by atoms with Gasteiger partial charge in [-0.1, -0.05) is 0 Å². The summed E-state index contributed by atoms with van der Waals surface area (Å²) in [6.07, 6.45) is -2.92. The van der Waals surface area contributed by atoms with Crippen molar-refractivity contribution in [2.24, 2.45) is 0 Å². The minimum absolute atomic E-state index is 0.0531. The number of nitrogens with zero attached hydrogens (tertiary/aromatic N) is 1. The summed E-state index contributed by atoms with van der Waals surface area (Å²) in [5, 5.41) is 2.19. The van der Waals surface area contributed by atoms with Gasteiger partial charge in [0.1, 0.15) is 11.9 Å². The van der Waals surface area contributed by atoms with Crippen molar-refractivity contribution >= 4 is 11.5 Å². The smallest absolute Gasteiger partial charge is 0.396 e. The Hall–Kier alpha value is -1.46. The first kappa shape index (κ1) is 10.6. The lowest BCUT2D eigenvalue weighted by atomic mass is 10.3. The predicted octanol–water partition coefficient (Wildman–Crippen LogP) is 2.03. The summed E-state index contributed by atoms with van der Waals surface area (Å²) in [7, 11) is 0. The Labute approximate surface area is 79.1 Å². The van der Waals surface area contributed by atoms with E-state index in [1.165, 1.54) is 12.3 Å². The van der Waals surface area contributed by atoms with E-state index in [0.29, 0.717) is 0 Å². The van der Waals surface area contributed by atoms with E-state index in [1.807, 2.05) is 0 Å². The van der Waals surface area contributed by atoms with Crippen LogP contribution >= 0.6 is 0 Å². The van der Waals surface area contributed by atoms with Gasteiger partial charge >= 0.3 is 6.18 Å². The van der Waals surface area contributed by atoms with Gasteiger partial charge in [-0.2, -0.15) is 13.2 Å². The zero-order valence-electron chi connectivity index (χ0n) is 7.47. The van der Waals surface area contributed by atoms with E-state index < -0.39 is 12.2 Å². The Morgan fingerprint density at radius 2 is 2.14 bits per heavy atom. The van der Waals surface area contributed by atoms with Gasteiger partial charge in [-0.15, -0.1) is 0 Å². The van der Waals surface area contributed by atoms with E-state index in [1.54, 1.807) is 6.07 Å². The Bertz CT molecular complexity index is 311. The van der Waals surface area contributed by atoms with Gasteiger partial charge in [-0.3, -0.25) is 0 Å². The van der Waals surface area contributed by atoms with Gasteiger partial charge < -0.3 is 11.1 Å². The van der Waals surface area contributed by atoms with Gasteiger partial charge in [-0.25, -0.2) is 4.98 Å². The first-order valence-electron chi connectivity index (χ1n) is 3.95. The zero-order valence-corrected chi connectivity index (χ0v) is 7.47. The van der Waals surface area contributed by atoms with Gasteiger partial charge in [0.05, 0.1) is 5.69 Å². The molecule has 1 unspecified atom stereocenters. The molecule has 1 atom stereocenters. The molecule has 0 aliphatic heterocycles. The summed E-state index contributed by atoms with van der Waals surface area (Å²) in [5.41, 5.74) is 5.62. The minimum Gasteiger partial charge on any atom is -0.396 e. The maximum Gasteiger partial charge on any atom is 0.408 e. The fourth-order valence-corrected chi connectivity index (χ4v) is 0.825. The van der Waals surface area contributed by atoms with Crippen molar-refractivity contribution in [1.82, 2.24) is 4.98 Å². The van der Waals surface area contributed by atoms with E-state index in [-0.39, 0.29) is 11.5 Å². The van der Waals surface area contributed by atoms with Crippen molar-refractivity contribution in [2.45, 2.75) is 19.1 Å². The van der Waals surface area contributed by atoms with Gasteiger partial charge in [0.25, 0.3) is 0 Å². The van der Waals surface area contributed by atoms with Crippen molar-refractivity contribution < 1.29 is 13.2 Å². The average Bonchev–Trinajstić information content (AvgIpc) is 2.07. The fraction of sp³-hybridized carbons (Fsp3) is 0.375. The lowest BCUT2D eigenvalue weighted by Crippen LogP contribution is -2.33. The molecule has 6 heteroatoms. The molecule has 1 aromatic rings. The van der Waals surface area contributed by atoms with Crippen LogP contribution in [-0.2, 0) is 0 Å². The van der Waals surface area contributed by atoms with Crippen LogP contribution in [0.4, 0.5) is 24.7 Å². The van der Waals surface area contributed by atoms with E-state index >= 15 is 0 Å². The second-order valence-electron chi connectivity index (χ2n) is 2.85. The number of nitrogens with one attached hydrogen (secondary N) is 1. The number of rotatable bonds is 2. The van der Waals surface area contributed by atoms with Crippen molar-refractivity contribution in [1.29, 1.82) is 0 Å². The summed E-state index contributed by atoms with van der Waals surface area (Å²) in [6, 6.07) is 1.37. The van der Waals surface area contributed by atoms with Crippen LogP contribution in [0.25, 0.3) is 0 Å². The Morgan fingerprint density at radius 1 is 1.50 bits per heavy atom. The summed E-state index contributed by atoms with van der Waals surface area (Å²) < 4.78 is 36.4. The number of aromatic nitrogens is 1. The molecule has 0 saturated heterocycles. The molecule has 0 aliphatic carbocycles. The van der Waals surface area contributed by atoms with Crippen LogP contribution in [0.5, 0.6) is 0 Å². The summed E-state index contributed by atoms with van der Waals surface area (Å²) >= 11 is 0. The molecule has 0 radical (unpaired) electrons. The number of halogens is 3. The van der Waals surface area contributed by atoms with E-state index in [9.17, 15) is 13.2 Å². The van der Waals surface area contributed by atoms with E-state index in [2.05, 4.69) is 10.3 Å². The Balaban J connectivity index is 2.75. The highest BCUT2D eigenvalue weighted by molar-refractivity contribution is 5.60. The van der Waals surface area contributed by atoms with Crippen molar-refractivity contribution in [3.05, 3.63) is 18.3 Å². The Kier molecular flexibility index (Phi) is 2.83. The molecular weight excluding hydrogens is 195 g/mol. The topological polar surface area (TPSA) is 50.9 Å². The highest BCUT2D eigenvalue weighted by atomic mass is 19.4. The molecule has 0 spiro atoms. The first-order valence-corrected chi connectivity index (χ1v) is 3.95. The number of hydrogen-bond donors (Lipinski definition) is 2. The van der Waals surface area contributed by atoms with Crippen LogP contribution in [-0.4, -0.2) is 17.2 Å². The first-order chi connectivity index (χ1) is 6.41. The van der Waals surface area contributed by atoms with Crippen LogP contribution in [0.15, 0.2) is 18.3 Å². The molecule has 0 amide bonds. The molecule has 0 aliphatic rings. The van der Waals surface area contributed by atoms with Crippen LogP contribution in [0.3, 0.4) is 0 Å². The van der Waals surface area contributed by atoms with Gasteiger partial charge in [-0.05, 0) is 19.1 Å². The molecule has 0 aromatic carbocycles. The van der Waals surface area contributed by atoms with Crippen LogP contribution in [0, 0.1) is 0 Å². The third-order valence-corrected chi connectivity index (χ3v) is 1.68. The molecule has 1 aromatic heterocycles. The lowest BCUT2D eigenvalue weighted by Gasteiger charge is -2.18. The van der Waals surface area contributed by atoms with Gasteiger partial charge in [0.2, 0.25) is 0 Å². The van der Waals surface area contributed by atoms with E-state index in [4.69, 9.17) is 5.73 Å². The van der Waals surface area contributed by atoms with Gasteiger partial charge in [0, 0.05) is 6.20 Å². The SMILES string of the molecule is CC(Nc1ncccc1N)C(F)(F)F. The number of nitrogen functional groups attached to an aromatic ring is 1. The molecule has 3 N–H and O–H groups in total. The third-order valence-electron chi connectivity index (χ3n) is 1.68. The van der Waals surface area contributed by atoms with Crippen molar-refractivity contribution in [3.63, 3.8) is 0 Å². The minimum atomic E-state index is -4.30. The van der Waals surface area contributed by atoms with Crippen LogP contribution in [0.1, 0.15) is 6.92 Å². The number of alkyl halides is 3. The summed E-state index contributed by atoms with van der Waals surface area (Å²) in [4.78, 5) is 3.70.